The Kier molecular flexibility index (Phi) is 8.59. The number of H-pyrrole nitrogens is 1. The fourth-order valence-corrected chi connectivity index (χ4v) is 5.93. The molecule has 1 saturated heterocycles. The number of tetrazole rings is 1. The van der Waals surface area contributed by atoms with Gasteiger partial charge in [-0.1, -0.05) is 47.9 Å². The molecular weight excluding hydrogens is 554 g/mol. The van der Waals surface area contributed by atoms with Gasteiger partial charge in [-0.2, -0.15) is 0 Å². The molecule has 1 atom stereocenters. The summed E-state index contributed by atoms with van der Waals surface area (Å²) in [4.78, 5) is 21.7. The van der Waals surface area contributed by atoms with E-state index >= 15 is 0 Å². The monoisotopic (exact) mass is 591 g/mol. The van der Waals surface area contributed by atoms with Crippen LogP contribution in [0.1, 0.15) is 49.3 Å². The number of terminal acetylenes is 1. The van der Waals surface area contributed by atoms with Crippen molar-refractivity contribution in [2.75, 3.05) is 33.0 Å². The van der Waals surface area contributed by atoms with Crippen LogP contribution in [0.3, 0.4) is 0 Å². The molecule has 10 nitrogen and oxygen atoms in total. The van der Waals surface area contributed by atoms with E-state index in [1.807, 2.05) is 55.8 Å². The lowest BCUT2D eigenvalue weighted by molar-refractivity contribution is 0.0995. The molecule has 0 radical (unpaired) electrons. The van der Waals surface area contributed by atoms with Gasteiger partial charge >= 0.3 is 0 Å². The highest BCUT2D eigenvalue weighted by atomic mass is 16.7. The maximum Gasteiger partial charge on any atom is 0.253 e. The lowest BCUT2D eigenvalue weighted by Crippen LogP contribution is -2.50. The molecule has 44 heavy (non-hydrogen) atoms. The zero-order chi connectivity index (χ0) is 30.6. The third-order valence-electron chi connectivity index (χ3n) is 8.37. The lowest BCUT2D eigenvalue weighted by atomic mass is 10.0. The Morgan fingerprint density at radius 2 is 1.77 bits per heavy atom. The Balaban J connectivity index is 1.32. The number of aryl methyl sites for hydroxylation is 2. The first-order valence-corrected chi connectivity index (χ1v) is 14.9. The average molecular weight is 592 g/mol. The largest absolute Gasteiger partial charge is 0.454 e. The number of hydrogen-bond donors (Lipinski definition) is 1. The fourth-order valence-electron chi connectivity index (χ4n) is 5.93. The van der Waals surface area contributed by atoms with Crippen molar-refractivity contribution in [1.29, 1.82) is 0 Å². The van der Waals surface area contributed by atoms with E-state index in [1.165, 1.54) is 11.1 Å². The molecule has 0 spiro atoms. The fraction of sp³-hybridized carbons (Fsp3) is 0.353. The van der Waals surface area contributed by atoms with Crippen molar-refractivity contribution in [2.45, 2.75) is 46.3 Å². The Hall–Kier alpha value is -4.72. The molecule has 4 heterocycles. The van der Waals surface area contributed by atoms with E-state index < -0.39 is 6.04 Å². The van der Waals surface area contributed by atoms with Gasteiger partial charge in [0.05, 0.1) is 5.35 Å². The number of nitrogens with zero attached hydrogens (tertiary/aromatic N) is 6. The number of pyridine rings is 1. The molecule has 0 aliphatic carbocycles. The number of aromatic amines is 1. The summed E-state index contributed by atoms with van der Waals surface area (Å²) in [6.45, 7) is 10.7. The minimum atomic E-state index is -0.435. The van der Waals surface area contributed by atoms with Crippen molar-refractivity contribution in [1.82, 2.24) is 35.0 Å². The van der Waals surface area contributed by atoms with Gasteiger partial charge in [0.25, 0.3) is 5.56 Å². The number of fused-ring (bicyclic) bond motifs is 1. The highest BCUT2D eigenvalue weighted by molar-refractivity contribution is 5.60. The van der Waals surface area contributed by atoms with Gasteiger partial charge in [0.2, 0.25) is 6.79 Å². The first-order valence-electron chi connectivity index (χ1n) is 14.9. The highest BCUT2D eigenvalue weighted by Gasteiger charge is 2.33. The molecule has 1 unspecified atom stereocenters. The molecular formula is C34H37N7O3. The van der Waals surface area contributed by atoms with Crippen LogP contribution >= 0.6 is 0 Å². The lowest BCUT2D eigenvalue weighted by Gasteiger charge is -2.38. The molecule has 6 rings (SSSR count). The highest BCUT2D eigenvalue weighted by Crippen LogP contribution is 2.33. The third kappa shape index (κ3) is 6.16. The van der Waals surface area contributed by atoms with Crippen molar-refractivity contribution in [2.24, 2.45) is 0 Å². The summed E-state index contributed by atoms with van der Waals surface area (Å²) in [5, 5.41) is 14.6. The summed E-state index contributed by atoms with van der Waals surface area (Å²) in [5.41, 5.74) is 4.53. The van der Waals surface area contributed by atoms with Gasteiger partial charge in [0.15, 0.2) is 17.3 Å². The van der Waals surface area contributed by atoms with Crippen LogP contribution in [0.15, 0.2) is 59.4 Å². The van der Waals surface area contributed by atoms with Crippen molar-refractivity contribution in [3.8, 4) is 23.8 Å². The second-order valence-corrected chi connectivity index (χ2v) is 11.5. The normalized spacial score (nSPS) is 16.4. The van der Waals surface area contributed by atoms with Crippen LogP contribution in [0.4, 0.5) is 0 Å². The summed E-state index contributed by atoms with van der Waals surface area (Å²) in [5.74, 6) is 4.93. The standard InChI is InChI=1S/C34H37N7O3/c1-5-24(4)31-27(23(2)3)20-28(34(42)35-31)32(33-36-37-38-41(33)14-13-25-9-7-6-8-10-25)40-17-15-39(16-18-40)21-26-11-12-29-30(19-26)44-22-43-29/h1,6-12,19-20,32H,13-18,21-22H2,2-4H3,(H,35,42)/b31-24+. The minimum Gasteiger partial charge on any atom is -0.454 e. The molecule has 2 aromatic carbocycles. The summed E-state index contributed by atoms with van der Waals surface area (Å²) < 4.78 is 12.9. The molecule has 10 heteroatoms. The van der Waals surface area contributed by atoms with Crippen LogP contribution in [0.25, 0.3) is 11.1 Å². The number of aromatic nitrogens is 5. The summed E-state index contributed by atoms with van der Waals surface area (Å²) in [6.07, 6.45) is 6.51. The second-order valence-electron chi connectivity index (χ2n) is 11.5. The predicted octanol–water partition coefficient (Wildman–Crippen LogP) is 2.23. The molecule has 0 amide bonds. The topological polar surface area (TPSA) is 101 Å². The molecule has 4 aromatic rings. The Bertz CT molecular complexity index is 1860. The summed E-state index contributed by atoms with van der Waals surface area (Å²) in [7, 11) is 0. The zero-order valence-corrected chi connectivity index (χ0v) is 25.4. The maximum absolute atomic E-state index is 13.8. The van der Waals surface area contributed by atoms with Gasteiger partial charge in [-0.15, -0.1) is 11.5 Å². The van der Waals surface area contributed by atoms with Crippen LogP contribution in [0.5, 0.6) is 11.5 Å². The number of ether oxygens (including phenoxy) is 2. The quantitative estimate of drug-likeness (QED) is 0.312. The van der Waals surface area contributed by atoms with Gasteiger partial charge in [-0.25, -0.2) is 4.68 Å². The van der Waals surface area contributed by atoms with E-state index in [-0.39, 0.29) is 12.4 Å². The second kappa shape index (κ2) is 12.9. The van der Waals surface area contributed by atoms with Gasteiger partial charge in [-0.3, -0.25) is 14.6 Å². The minimum absolute atomic E-state index is 0.190. The Morgan fingerprint density at radius 3 is 2.52 bits per heavy atom. The first kappa shape index (κ1) is 29.4. The molecule has 2 aliphatic rings. The predicted molar refractivity (Wildman–Crippen MR) is 168 cm³/mol. The van der Waals surface area contributed by atoms with E-state index in [0.29, 0.717) is 28.9 Å². The maximum atomic E-state index is 13.8. The van der Waals surface area contributed by atoms with Gasteiger partial charge in [0, 0.05) is 50.4 Å². The van der Waals surface area contributed by atoms with E-state index in [4.69, 9.17) is 15.9 Å². The number of piperazine rings is 1. The van der Waals surface area contributed by atoms with Gasteiger partial charge in [-0.05, 0) is 72.2 Å². The van der Waals surface area contributed by atoms with Gasteiger partial charge in [0.1, 0.15) is 6.04 Å². The van der Waals surface area contributed by atoms with Gasteiger partial charge < -0.3 is 14.5 Å². The molecule has 2 aromatic heterocycles. The van der Waals surface area contributed by atoms with Crippen LogP contribution < -0.4 is 25.6 Å². The Labute approximate surface area is 256 Å². The van der Waals surface area contributed by atoms with Crippen molar-refractivity contribution < 1.29 is 9.47 Å². The van der Waals surface area contributed by atoms with Crippen LogP contribution in [-0.2, 0) is 19.5 Å². The van der Waals surface area contributed by atoms with Crippen LogP contribution in [0.2, 0.25) is 0 Å². The number of nitrogens with one attached hydrogen (secondary N) is 1. The first-order chi connectivity index (χ1) is 21.4. The summed E-state index contributed by atoms with van der Waals surface area (Å²) >= 11 is 0. The molecule has 0 bridgehead atoms. The van der Waals surface area contributed by atoms with E-state index in [0.717, 1.165) is 61.4 Å². The Morgan fingerprint density at radius 1 is 1.00 bits per heavy atom. The molecule has 0 saturated carbocycles. The number of hydrogen-bond acceptors (Lipinski definition) is 8. The van der Waals surface area contributed by atoms with Crippen molar-refractivity contribution >= 4 is 11.1 Å². The van der Waals surface area contributed by atoms with Crippen molar-refractivity contribution in [3.63, 3.8) is 0 Å². The van der Waals surface area contributed by atoms with E-state index in [2.05, 4.69) is 60.5 Å². The van der Waals surface area contributed by atoms with E-state index in [9.17, 15) is 4.79 Å². The SMILES string of the molecule is C#C/C(C)=c1/[nH]c(=O)c(C(c2nnnn2CCc2ccccc2)N2CCN(Cc3ccc4c(c3)OCO4)CC2)cc1=C(C)C. The summed E-state index contributed by atoms with van der Waals surface area (Å²) in [6, 6.07) is 17.9. The molecule has 1 N–H and O–H groups in total. The third-order valence-corrected chi connectivity index (χ3v) is 8.37. The number of benzene rings is 2. The van der Waals surface area contributed by atoms with Crippen LogP contribution in [-0.4, -0.2) is 68.0 Å². The van der Waals surface area contributed by atoms with E-state index in [1.54, 1.807) is 0 Å². The molecule has 226 valence electrons. The molecule has 1 fully saturated rings. The smallest absolute Gasteiger partial charge is 0.253 e. The molecule has 2 aliphatic heterocycles. The van der Waals surface area contributed by atoms with Crippen molar-refractivity contribution in [3.05, 3.63) is 98.0 Å². The van der Waals surface area contributed by atoms with Crippen LogP contribution in [0, 0.1) is 12.3 Å². The average Bonchev–Trinajstić information content (AvgIpc) is 3.71. The number of rotatable bonds is 8. The zero-order valence-electron chi connectivity index (χ0n) is 25.4.